The van der Waals surface area contributed by atoms with E-state index in [-0.39, 0.29) is 5.82 Å². The monoisotopic (exact) mass is 609 g/mol. The minimum atomic E-state index is -1.76. The molecule has 0 bridgehead atoms. The molecular formula is C15H12F3I2N3O4. The molecule has 146 valence electrons. The maximum atomic E-state index is 14.3. The summed E-state index contributed by atoms with van der Waals surface area (Å²) in [5.41, 5.74) is 0.641. The lowest BCUT2D eigenvalue weighted by molar-refractivity contribution is -0.0295. The van der Waals surface area contributed by atoms with Gasteiger partial charge in [0, 0.05) is 9.77 Å². The third-order valence-electron chi connectivity index (χ3n) is 3.11. The maximum Gasteiger partial charge on any atom is 0.277 e. The van der Waals surface area contributed by atoms with E-state index in [1.165, 1.54) is 6.20 Å². The van der Waals surface area contributed by atoms with Gasteiger partial charge in [0.2, 0.25) is 0 Å². The van der Waals surface area contributed by atoms with E-state index >= 15 is 0 Å². The molecule has 2 rings (SSSR count). The van der Waals surface area contributed by atoms with Gasteiger partial charge in [0.25, 0.3) is 5.91 Å². The summed E-state index contributed by atoms with van der Waals surface area (Å²) in [6.07, 6.45) is 0.198. The highest BCUT2D eigenvalue weighted by molar-refractivity contribution is 14.1. The first kappa shape index (κ1) is 22.1. The van der Waals surface area contributed by atoms with E-state index in [2.05, 4.69) is 15.1 Å². The Morgan fingerprint density at radius 1 is 1.26 bits per heavy atom. The summed E-state index contributed by atoms with van der Waals surface area (Å²) < 4.78 is 42.9. The quantitative estimate of drug-likeness (QED) is 0.219. The highest BCUT2D eigenvalue weighted by atomic mass is 127. The standard InChI is InChI=1S/C15H12F3I2N3O4/c16-9-2-8(15(26)23-27-5-7(25)4-24)13(12(18)11(9)17)22-14-10(20)1-6(19)3-21-14/h1-3,7,24-25H,4-5H2,(H,21,22)(H,23,26)/t7-/m1/s1. The van der Waals surface area contributed by atoms with Gasteiger partial charge in [-0.2, -0.15) is 0 Å². The zero-order valence-electron chi connectivity index (χ0n) is 13.3. The summed E-state index contributed by atoms with van der Waals surface area (Å²) in [4.78, 5) is 20.9. The number of halogens is 5. The van der Waals surface area contributed by atoms with E-state index in [0.29, 0.717) is 9.64 Å². The number of rotatable bonds is 7. The number of carbonyl (C=O) groups is 1. The van der Waals surface area contributed by atoms with Crippen LogP contribution < -0.4 is 10.8 Å². The van der Waals surface area contributed by atoms with Crippen LogP contribution >= 0.6 is 45.2 Å². The summed E-state index contributed by atoms with van der Waals surface area (Å²) in [7, 11) is 0. The minimum Gasteiger partial charge on any atom is -0.394 e. The Labute approximate surface area is 178 Å². The predicted molar refractivity (Wildman–Crippen MR) is 106 cm³/mol. The molecular weight excluding hydrogens is 597 g/mol. The van der Waals surface area contributed by atoms with E-state index in [0.717, 1.165) is 3.57 Å². The van der Waals surface area contributed by atoms with Gasteiger partial charge in [-0.15, -0.1) is 0 Å². The molecule has 2 aromatic rings. The first-order chi connectivity index (χ1) is 12.7. The number of hydroxylamine groups is 1. The van der Waals surface area contributed by atoms with Gasteiger partial charge in [-0.3, -0.25) is 9.63 Å². The van der Waals surface area contributed by atoms with Crippen LogP contribution in [0.1, 0.15) is 10.4 Å². The van der Waals surface area contributed by atoms with Crippen molar-refractivity contribution in [2.45, 2.75) is 6.10 Å². The SMILES string of the molecule is O=C(NOC[C@H](O)CO)c1cc(F)c(F)c(F)c1Nc1ncc(I)cc1I. The Morgan fingerprint density at radius 3 is 2.59 bits per heavy atom. The highest BCUT2D eigenvalue weighted by Gasteiger charge is 2.24. The van der Waals surface area contributed by atoms with Crippen molar-refractivity contribution in [1.29, 1.82) is 0 Å². The van der Waals surface area contributed by atoms with E-state index in [9.17, 15) is 18.0 Å². The molecule has 0 aliphatic rings. The molecule has 0 spiro atoms. The maximum absolute atomic E-state index is 14.3. The third kappa shape index (κ3) is 5.63. The van der Waals surface area contributed by atoms with Gasteiger partial charge >= 0.3 is 0 Å². The first-order valence-electron chi connectivity index (χ1n) is 7.21. The number of amides is 1. The zero-order valence-corrected chi connectivity index (χ0v) is 17.6. The van der Waals surface area contributed by atoms with Crippen LogP contribution in [-0.2, 0) is 4.84 Å². The largest absolute Gasteiger partial charge is 0.394 e. The Hall–Kier alpha value is -1.23. The number of hydrogen-bond acceptors (Lipinski definition) is 6. The molecule has 12 heteroatoms. The van der Waals surface area contributed by atoms with Gasteiger partial charge in [0.05, 0.1) is 21.4 Å². The topological polar surface area (TPSA) is 104 Å². The van der Waals surface area contributed by atoms with E-state index in [1.807, 2.05) is 50.7 Å². The molecule has 27 heavy (non-hydrogen) atoms. The molecule has 0 saturated carbocycles. The summed E-state index contributed by atoms with van der Waals surface area (Å²) in [6, 6.07) is 2.20. The fourth-order valence-corrected chi connectivity index (χ4v) is 3.49. The molecule has 1 amide bonds. The van der Waals surface area contributed by atoms with Gasteiger partial charge < -0.3 is 15.5 Å². The number of aromatic nitrogens is 1. The van der Waals surface area contributed by atoms with E-state index < -0.39 is 53.9 Å². The molecule has 0 fully saturated rings. The van der Waals surface area contributed by atoms with Crippen LogP contribution in [0.2, 0.25) is 0 Å². The van der Waals surface area contributed by atoms with Gasteiger partial charge in [-0.05, 0) is 57.3 Å². The molecule has 0 unspecified atom stereocenters. The van der Waals surface area contributed by atoms with Crippen molar-refractivity contribution in [3.8, 4) is 0 Å². The summed E-state index contributed by atoms with van der Waals surface area (Å²) in [5.74, 6) is -5.89. The van der Waals surface area contributed by atoms with Gasteiger partial charge in [-0.25, -0.2) is 23.6 Å². The second kappa shape index (κ2) is 9.81. The van der Waals surface area contributed by atoms with Crippen molar-refractivity contribution in [1.82, 2.24) is 10.5 Å². The number of nitrogens with one attached hydrogen (secondary N) is 2. The number of pyridine rings is 1. The van der Waals surface area contributed by atoms with Crippen molar-refractivity contribution in [2.75, 3.05) is 18.5 Å². The first-order valence-corrected chi connectivity index (χ1v) is 9.37. The molecule has 1 atom stereocenters. The molecule has 1 aromatic carbocycles. The average Bonchev–Trinajstić information content (AvgIpc) is 2.63. The van der Waals surface area contributed by atoms with Crippen molar-refractivity contribution >= 4 is 62.6 Å². The number of benzene rings is 1. The Balaban J connectivity index is 2.34. The van der Waals surface area contributed by atoms with Gasteiger partial charge in [-0.1, -0.05) is 0 Å². The predicted octanol–water partition coefficient (Wildman–Crippen LogP) is 2.47. The van der Waals surface area contributed by atoms with Crippen molar-refractivity contribution in [2.24, 2.45) is 0 Å². The number of aliphatic hydroxyl groups excluding tert-OH is 2. The highest BCUT2D eigenvalue weighted by Crippen LogP contribution is 2.29. The number of hydrogen-bond donors (Lipinski definition) is 4. The van der Waals surface area contributed by atoms with Crippen LogP contribution in [0.25, 0.3) is 0 Å². The average molecular weight is 609 g/mol. The smallest absolute Gasteiger partial charge is 0.277 e. The third-order valence-corrected chi connectivity index (χ3v) is 4.52. The molecule has 4 N–H and O–H groups in total. The number of carbonyl (C=O) groups excluding carboxylic acids is 1. The lowest BCUT2D eigenvalue weighted by atomic mass is 10.1. The molecule has 0 radical (unpaired) electrons. The van der Waals surface area contributed by atoms with Crippen LogP contribution in [0.4, 0.5) is 24.7 Å². The fourth-order valence-electron chi connectivity index (χ4n) is 1.83. The summed E-state index contributed by atoms with van der Waals surface area (Å²) >= 11 is 3.92. The van der Waals surface area contributed by atoms with Crippen LogP contribution in [0.3, 0.4) is 0 Å². The number of anilines is 2. The van der Waals surface area contributed by atoms with Crippen molar-refractivity contribution in [3.63, 3.8) is 0 Å². The molecule has 7 nitrogen and oxygen atoms in total. The van der Waals surface area contributed by atoms with Crippen LogP contribution in [0.5, 0.6) is 0 Å². The molecule has 0 aliphatic heterocycles. The Morgan fingerprint density at radius 2 is 1.96 bits per heavy atom. The minimum absolute atomic E-state index is 0.131. The van der Waals surface area contributed by atoms with Crippen molar-refractivity contribution in [3.05, 3.63) is 48.5 Å². The summed E-state index contributed by atoms with van der Waals surface area (Å²) in [6.45, 7) is -1.08. The number of nitrogens with zero attached hydrogens (tertiary/aromatic N) is 1. The Bertz CT molecular complexity index is 858. The van der Waals surface area contributed by atoms with E-state index in [4.69, 9.17) is 10.2 Å². The fraction of sp³-hybridized carbons (Fsp3) is 0.200. The second-order valence-electron chi connectivity index (χ2n) is 5.10. The van der Waals surface area contributed by atoms with Crippen LogP contribution in [0, 0.1) is 24.6 Å². The van der Waals surface area contributed by atoms with Crippen molar-refractivity contribution < 1.29 is 33.0 Å². The zero-order chi connectivity index (χ0) is 20.1. The lowest BCUT2D eigenvalue weighted by Gasteiger charge is -2.15. The summed E-state index contributed by atoms with van der Waals surface area (Å²) in [5, 5.41) is 20.3. The number of aliphatic hydroxyl groups is 2. The lowest BCUT2D eigenvalue weighted by Crippen LogP contribution is -2.30. The van der Waals surface area contributed by atoms with Gasteiger partial charge in [0.15, 0.2) is 17.5 Å². The second-order valence-corrected chi connectivity index (χ2v) is 7.50. The van der Waals surface area contributed by atoms with Crippen LogP contribution in [-0.4, -0.2) is 40.4 Å². The normalized spacial score (nSPS) is 12.0. The molecule has 0 aliphatic carbocycles. The van der Waals surface area contributed by atoms with Crippen LogP contribution in [0.15, 0.2) is 18.3 Å². The molecule has 0 saturated heterocycles. The Kier molecular flexibility index (Phi) is 8.02. The van der Waals surface area contributed by atoms with E-state index in [1.54, 1.807) is 6.07 Å². The molecule has 1 aromatic heterocycles. The van der Waals surface area contributed by atoms with Gasteiger partial charge in [0.1, 0.15) is 18.5 Å². The molecule has 1 heterocycles.